The van der Waals surface area contributed by atoms with Crippen molar-refractivity contribution < 1.29 is 9.53 Å². The first-order valence-corrected chi connectivity index (χ1v) is 6.74. The van der Waals surface area contributed by atoms with Crippen LogP contribution in [-0.4, -0.2) is 25.9 Å². The summed E-state index contributed by atoms with van der Waals surface area (Å²) in [4.78, 5) is 28.3. The van der Waals surface area contributed by atoms with Crippen molar-refractivity contribution in [2.45, 2.75) is 18.9 Å². The summed E-state index contributed by atoms with van der Waals surface area (Å²) in [6.07, 6.45) is 12.6. The largest absolute Gasteiger partial charge is 0.451 e. The van der Waals surface area contributed by atoms with Crippen molar-refractivity contribution in [2.24, 2.45) is 5.92 Å². The summed E-state index contributed by atoms with van der Waals surface area (Å²) < 4.78 is 5.48. The minimum Gasteiger partial charge on any atom is -0.451 e. The van der Waals surface area contributed by atoms with Crippen LogP contribution in [0.25, 0.3) is 6.08 Å². The summed E-state index contributed by atoms with van der Waals surface area (Å²) in [7, 11) is 0. The third-order valence-corrected chi connectivity index (χ3v) is 3.11. The average Bonchev–Trinajstić information content (AvgIpc) is 3.37. The number of carbonyl (C=O) groups is 1. The van der Waals surface area contributed by atoms with E-state index in [9.17, 15) is 4.79 Å². The minimum absolute atomic E-state index is 0.321. The number of esters is 1. The molecule has 0 saturated heterocycles. The molecule has 1 atom stereocenters. The van der Waals surface area contributed by atoms with Crippen molar-refractivity contribution in [3.8, 4) is 0 Å². The Morgan fingerprint density at radius 3 is 2.67 bits per heavy atom. The summed E-state index contributed by atoms with van der Waals surface area (Å²) in [5, 5.41) is 0. The first-order valence-electron chi connectivity index (χ1n) is 6.74. The van der Waals surface area contributed by atoms with Gasteiger partial charge >= 0.3 is 5.97 Å². The number of ether oxygens (including phenoxy) is 1. The van der Waals surface area contributed by atoms with Gasteiger partial charge in [0.2, 0.25) is 0 Å². The lowest BCUT2D eigenvalue weighted by Gasteiger charge is -2.14. The average molecular weight is 282 g/mol. The van der Waals surface area contributed by atoms with E-state index >= 15 is 0 Å². The van der Waals surface area contributed by atoms with Gasteiger partial charge < -0.3 is 4.74 Å². The van der Waals surface area contributed by atoms with E-state index in [4.69, 9.17) is 4.74 Å². The molecule has 0 spiro atoms. The molecule has 0 aromatic carbocycles. The molecule has 1 aliphatic rings. The predicted molar refractivity (Wildman–Crippen MR) is 74.7 cm³/mol. The molecule has 2 heterocycles. The fraction of sp³-hybridized carbons (Fsp3) is 0.267. The zero-order valence-corrected chi connectivity index (χ0v) is 11.3. The maximum atomic E-state index is 11.9. The zero-order valence-electron chi connectivity index (χ0n) is 11.3. The van der Waals surface area contributed by atoms with Crippen molar-refractivity contribution in [1.82, 2.24) is 19.9 Å². The predicted octanol–water partition coefficient (Wildman–Crippen LogP) is 1.97. The second-order valence-corrected chi connectivity index (χ2v) is 4.77. The molecule has 106 valence electrons. The molecule has 0 N–H and O–H groups in total. The van der Waals surface area contributed by atoms with Gasteiger partial charge in [-0.1, -0.05) is 0 Å². The van der Waals surface area contributed by atoms with Gasteiger partial charge in [0.25, 0.3) is 0 Å². The molecule has 0 radical (unpaired) electrons. The quantitative estimate of drug-likeness (QED) is 0.616. The van der Waals surface area contributed by atoms with Crippen LogP contribution in [-0.2, 0) is 9.53 Å². The monoisotopic (exact) mass is 282 g/mol. The third-order valence-electron chi connectivity index (χ3n) is 3.11. The standard InChI is InChI=1S/C15H14N4O2/c20-13(5-4-12-10-16-8-9-17-12)21-14(11-2-3-11)15-18-6-1-7-19-15/h1,4-11,14H,2-3H2/b5-4+. The molecule has 3 rings (SSSR count). The van der Waals surface area contributed by atoms with E-state index < -0.39 is 5.97 Å². The second-order valence-electron chi connectivity index (χ2n) is 4.77. The van der Waals surface area contributed by atoms with Gasteiger partial charge in [0.1, 0.15) is 0 Å². The first-order chi connectivity index (χ1) is 10.3. The molecule has 0 aliphatic heterocycles. The second kappa shape index (κ2) is 6.21. The maximum Gasteiger partial charge on any atom is 0.331 e. The Morgan fingerprint density at radius 2 is 2.00 bits per heavy atom. The molecule has 2 aromatic heterocycles. The normalized spacial score (nSPS) is 15.8. The lowest BCUT2D eigenvalue weighted by Crippen LogP contribution is -2.14. The van der Waals surface area contributed by atoms with Crippen molar-refractivity contribution in [3.63, 3.8) is 0 Å². The lowest BCUT2D eigenvalue weighted by atomic mass is 10.2. The van der Waals surface area contributed by atoms with Gasteiger partial charge in [0.05, 0.1) is 11.9 Å². The fourth-order valence-corrected chi connectivity index (χ4v) is 1.93. The van der Waals surface area contributed by atoms with Crippen LogP contribution in [0.2, 0.25) is 0 Å². The fourth-order valence-electron chi connectivity index (χ4n) is 1.93. The third kappa shape index (κ3) is 3.68. The summed E-state index contributed by atoms with van der Waals surface area (Å²) >= 11 is 0. The number of aromatic nitrogens is 4. The number of nitrogens with zero attached hydrogens (tertiary/aromatic N) is 4. The Hall–Kier alpha value is -2.63. The Labute approximate surface area is 122 Å². The molecule has 0 bridgehead atoms. The number of rotatable bonds is 5. The molecule has 1 fully saturated rings. The first kappa shape index (κ1) is 13.4. The highest BCUT2D eigenvalue weighted by Crippen LogP contribution is 2.42. The summed E-state index contributed by atoms with van der Waals surface area (Å²) in [5.41, 5.74) is 0.605. The topological polar surface area (TPSA) is 77.9 Å². The molecule has 21 heavy (non-hydrogen) atoms. The van der Waals surface area contributed by atoms with E-state index in [1.165, 1.54) is 6.08 Å². The number of hydrogen-bond donors (Lipinski definition) is 0. The molecule has 0 amide bonds. The van der Waals surface area contributed by atoms with Gasteiger partial charge in [-0.3, -0.25) is 9.97 Å². The van der Waals surface area contributed by atoms with E-state index in [0.717, 1.165) is 12.8 Å². The Bertz CT molecular complexity index is 627. The highest BCUT2D eigenvalue weighted by molar-refractivity contribution is 5.86. The van der Waals surface area contributed by atoms with Gasteiger partial charge in [0.15, 0.2) is 11.9 Å². The Kier molecular flexibility index (Phi) is 3.95. The van der Waals surface area contributed by atoms with E-state index in [1.807, 2.05) is 0 Å². The van der Waals surface area contributed by atoms with Crippen LogP contribution in [0.3, 0.4) is 0 Å². The van der Waals surface area contributed by atoms with Crippen LogP contribution < -0.4 is 0 Å². The molecular formula is C15H14N4O2. The van der Waals surface area contributed by atoms with Crippen molar-refractivity contribution in [3.05, 3.63) is 54.6 Å². The lowest BCUT2D eigenvalue weighted by molar-refractivity contribution is -0.144. The van der Waals surface area contributed by atoms with Gasteiger partial charge in [-0.25, -0.2) is 14.8 Å². The molecule has 2 aromatic rings. The van der Waals surface area contributed by atoms with Crippen LogP contribution in [0, 0.1) is 5.92 Å². The summed E-state index contributed by atoms with van der Waals surface area (Å²) in [5.74, 6) is 0.451. The van der Waals surface area contributed by atoms with Gasteiger partial charge in [0, 0.05) is 36.8 Å². The van der Waals surface area contributed by atoms with E-state index in [1.54, 1.807) is 43.1 Å². The minimum atomic E-state index is -0.426. The molecule has 6 heteroatoms. The Morgan fingerprint density at radius 1 is 1.19 bits per heavy atom. The van der Waals surface area contributed by atoms with Crippen LogP contribution in [0.5, 0.6) is 0 Å². The summed E-state index contributed by atoms with van der Waals surface area (Å²) in [6, 6.07) is 1.74. The maximum absolute atomic E-state index is 11.9. The van der Waals surface area contributed by atoms with Gasteiger partial charge in [-0.15, -0.1) is 0 Å². The van der Waals surface area contributed by atoms with Crippen LogP contribution >= 0.6 is 0 Å². The molecule has 1 unspecified atom stereocenters. The zero-order chi connectivity index (χ0) is 14.5. The van der Waals surface area contributed by atoms with Gasteiger partial charge in [-0.05, 0) is 25.0 Å². The smallest absolute Gasteiger partial charge is 0.331 e. The molecule has 1 saturated carbocycles. The summed E-state index contributed by atoms with van der Waals surface area (Å²) in [6.45, 7) is 0. The van der Waals surface area contributed by atoms with E-state index in [2.05, 4.69) is 19.9 Å². The van der Waals surface area contributed by atoms with Crippen molar-refractivity contribution in [2.75, 3.05) is 0 Å². The number of carbonyl (C=O) groups excluding carboxylic acids is 1. The van der Waals surface area contributed by atoms with Crippen LogP contribution in [0.15, 0.2) is 43.1 Å². The van der Waals surface area contributed by atoms with E-state index in [-0.39, 0.29) is 6.10 Å². The van der Waals surface area contributed by atoms with E-state index in [0.29, 0.717) is 17.4 Å². The SMILES string of the molecule is O=C(/C=C/c1cnccn1)OC(c1ncccn1)C1CC1. The molecule has 1 aliphatic carbocycles. The molecule has 6 nitrogen and oxygen atoms in total. The Balaban J connectivity index is 1.66. The van der Waals surface area contributed by atoms with Crippen molar-refractivity contribution in [1.29, 1.82) is 0 Å². The number of hydrogen-bond acceptors (Lipinski definition) is 6. The van der Waals surface area contributed by atoms with Crippen LogP contribution in [0.4, 0.5) is 0 Å². The van der Waals surface area contributed by atoms with Crippen molar-refractivity contribution >= 4 is 12.0 Å². The highest BCUT2D eigenvalue weighted by atomic mass is 16.5. The van der Waals surface area contributed by atoms with Gasteiger partial charge in [-0.2, -0.15) is 0 Å². The highest BCUT2D eigenvalue weighted by Gasteiger charge is 2.36. The molecular weight excluding hydrogens is 268 g/mol. The van der Waals surface area contributed by atoms with Crippen LogP contribution in [0.1, 0.15) is 30.5 Å².